The predicted octanol–water partition coefficient (Wildman–Crippen LogP) is 3.67. The first-order chi connectivity index (χ1) is 11.2. The number of hydrogen-bond acceptors (Lipinski definition) is 4. The summed E-state index contributed by atoms with van der Waals surface area (Å²) in [6.07, 6.45) is 2.77. The first-order valence-electron chi connectivity index (χ1n) is 8.91. The fourth-order valence-corrected chi connectivity index (χ4v) is 6.29. The lowest BCUT2D eigenvalue weighted by atomic mass is 9.40. The van der Waals surface area contributed by atoms with Crippen LogP contribution in [0.5, 0.6) is 11.5 Å². The Bertz CT molecular complexity index is 741. The average molecular weight is 330 g/mol. The molecule has 1 aliphatic heterocycles. The maximum absolute atomic E-state index is 12.5. The third-order valence-corrected chi connectivity index (χ3v) is 7.99. The van der Waals surface area contributed by atoms with Crippen LogP contribution in [0.25, 0.3) is 0 Å². The van der Waals surface area contributed by atoms with Crippen LogP contribution < -0.4 is 0 Å². The van der Waals surface area contributed by atoms with Crippen LogP contribution in [0.1, 0.15) is 58.1 Å². The third kappa shape index (κ3) is 1.49. The van der Waals surface area contributed by atoms with E-state index >= 15 is 0 Å². The third-order valence-electron chi connectivity index (χ3n) is 7.99. The van der Waals surface area contributed by atoms with Crippen molar-refractivity contribution in [1.82, 2.24) is 0 Å². The van der Waals surface area contributed by atoms with Crippen molar-refractivity contribution in [3.05, 3.63) is 23.3 Å². The Hall–Kier alpha value is -1.71. The highest BCUT2D eigenvalue weighted by Gasteiger charge is 2.72. The first kappa shape index (κ1) is 15.8. The first-order valence-corrected chi connectivity index (χ1v) is 8.91. The highest BCUT2D eigenvalue weighted by molar-refractivity contribution is 5.76. The molecular formula is C20H26O4. The van der Waals surface area contributed by atoms with Crippen molar-refractivity contribution >= 4 is 5.97 Å². The predicted molar refractivity (Wildman–Crippen MR) is 89.9 cm³/mol. The molecule has 4 rings (SSSR count). The zero-order valence-electron chi connectivity index (χ0n) is 14.8. The van der Waals surface area contributed by atoms with E-state index in [0.29, 0.717) is 12.3 Å². The van der Waals surface area contributed by atoms with Gasteiger partial charge in [0.05, 0.1) is 6.42 Å². The molecule has 2 aliphatic carbocycles. The molecule has 0 amide bonds. The van der Waals surface area contributed by atoms with Crippen LogP contribution in [0.2, 0.25) is 0 Å². The molecule has 130 valence electrons. The molecule has 5 atom stereocenters. The molecule has 0 unspecified atom stereocenters. The van der Waals surface area contributed by atoms with E-state index in [1.165, 1.54) is 0 Å². The lowest BCUT2D eigenvalue weighted by Crippen LogP contribution is -2.66. The van der Waals surface area contributed by atoms with Crippen LogP contribution in [-0.4, -0.2) is 22.3 Å². The zero-order chi connectivity index (χ0) is 17.5. The standard InChI is InChI=1S/C20H26O4/c1-11-7-8-18(3)12(2)24-16(23)10-20(18)17-13(9-19(11,20)4)14(21)5-6-15(17)22/h5-6,11-12,21-22H,7-10H2,1-4H3/t11-,12+,18+,19+,20-/m0/s1. The largest absolute Gasteiger partial charge is 0.508 e. The Morgan fingerprint density at radius 3 is 2.46 bits per heavy atom. The summed E-state index contributed by atoms with van der Waals surface area (Å²) in [4.78, 5) is 12.5. The lowest BCUT2D eigenvalue weighted by Gasteiger charge is -2.64. The van der Waals surface area contributed by atoms with Gasteiger partial charge in [0.25, 0.3) is 0 Å². The monoisotopic (exact) mass is 330 g/mol. The van der Waals surface area contributed by atoms with Crippen molar-refractivity contribution in [3.8, 4) is 11.5 Å². The van der Waals surface area contributed by atoms with E-state index in [1.54, 1.807) is 12.1 Å². The average Bonchev–Trinajstić information content (AvgIpc) is 2.79. The second kappa shape index (κ2) is 4.47. The number of carbonyl (C=O) groups excluding carboxylic acids is 1. The molecule has 1 aromatic carbocycles. The summed E-state index contributed by atoms with van der Waals surface area (Å²) in [5, 5.41) is 21.2. The number of carbonyl (C=O) groups is 1. The van der Waals surface area contributed by atoms with Gasteiger partial charge in [-0.1, -0.05) is 20.8 Å². The minimum atomic E-state index is -0.495. The number of phenolic OH excluding ortho intramolecular Hbond substituents is 2. The van der Waals surface area contributed by atoms with E-state index in [4.69, 9.17) is 4.74 Å². The minimum absolute atomic E-state index is 0.188. The summed E-state index contributed by atoms with van der Waals surface area (Å²) in [6.45, 7) is 8.66. The number of ether oxygens (including phenoxy) is 1. The molecule has 1 heterocycles. The van der Waals surface area contributed by atoms with Crippen molar-refractivity contribution in [1.29, 1.82) is 0 Å². The van der Waals surface area contributed by atoms with Crippen LogP contribution in [0, 0.1) is 16.7 Å². The number of aromatic hydroxyl groups is 2. The Kier molecular flexibility index (Phi) is 2.94. The molecule has 24 heavy (non-hydrogen) atoms. The maximum Gasteiger partial charge on any atom is 0.307 e. The van der Waals surface area contributed by atoms with E-state index in [2.05, 4.69) is 20.8 Å². The SMILES string of the molecule is C[C@H]1CC[C@]2(C)[C@@H](C)OC(=O)C[C@]23c2c(O)ccc(O)c2C[C@]13C. The van der Waals surface area contributed by atoms with Crippen molar-refractivity contribution in [2.24, 2.45) is 16.7 Å². The molecule has 2 fully saturated rings. The van der Waals surface area contributed by atoms with E-state index in [9.17, 15) is 15.0 Å². The second-order valence-corrected chi connectivity index (χ2v) is 8.62. The molecular weight excluding hydrogens is 304 g/mol. The molecule has 1 saturated carbocycles. The van der Waals surface area contributed by atoms with Crippen LogP contribution in [0.15, 0.2) is 12.1 Å². The lowest BCUT2D eigenvalue weighted by molar-refractivity contribution is -0.202. The Morgan fingerprint density at radius 2 is 1.75 bits per heavy atom. The number of rotatable bonds is 0. The smallest absolute Gasteiger partial charge is 0.307 e. The summed E-state index contributed by atoms with van der Waals surface area (Å²) in [5.74, 6) is 0.633. The molecule has 0 aromatic heterocycles. The Balaban J connectivity index is 2.10. The normalized spacial score (nSPS) is 43.6. The van der Waals surface area contributed by atoms with Crippen LogP contribution in [0.4, 0.5) is 0 Å². The molecule has 1 saturated heterocycles. The molecule has 2 N–H and O–H groups in total. The summed E-state index contributed by atoms with van der Waals surface area (Å²) in [7, 11) is 0. The van der Waals surface area contributed by atoms with Gasteiger partial charge in [-0.3, -0.25) is 4.79 Å². The van der Waals surface area contributed by atoms with E-state index in [0.717, 1.165) is 24.0 Å². The topological polar surface area (TPSA) is 66.8 Å². The Morgan fingerprint density at radius 1 is 1.08 bits per heavy atom. The highest BCUT2D eigenvalue weighted by atomic mass is 16.5. The van der Waals surface area contributed by atoms with Crippen molar-refractivity contribution in [3.63, 3.8) is 0 Å². The van der Waals surface area contributed by atoms with Gasteiger partial charge in [-0.25, -0.2) is 0 Å². The van der Waals surface area contributed by atoms with Gasteiger partial charge in [0.1, 0.15) is 17.6 Å². The van der Waals surface area contributed by atoms with Gasteiger partial charge in [0.2, 0.25) is 0 Å². The van der Waals surface area contributed by atoms with Crippen molar-refractivity contribution < 1.29 is 19.7 Å². The fraction of sp³-hybridized carbons (Fsp3) is 0.650. The molecule has 1 aromatic rings. The number of esters is 1. The van der Waals surface area contributed by atoms with Crippen molar-refractivity contribution in [2.75, 3.05) is 0 Å². The van der Waals surface area contributed by atoms with Crippen LogP contribution in [0.3, 0.4) is 0 Å². The molecule has 4 heteroatoms. The number of hydrogen-bond donors (Lipinski definition) is 2. The van der Waals surface area contributed by atoms with Gasteiger partial charge in [0, 0.05) is 22.0 Å². The van der Waals surface area contributed by atoms with Crippen LogP contribution >= 0.6 is 0 Å². The van der Waals surface area contributed by atoms with Gasteiger partial charge in [-0.15, -0.1) is 0 Å². The van der Waals surface area contributed by atoms with Gasteiger partial charge >= 0.3 is 5.97 Å². The zero-order valence-corrected chi connectivity index (χ0v) is 14.8. The van der Waals surface area contributed by atoms with Gasteiger partial charge in [-0.05, 0) is 49.7 Å². The van der Waals surface area contributed by atoms with E-state index in [-0.39, 0.29) is 40.8 Å². The fourth-order valence-electron chi connectivity index (χ4n) is 6.29. The summed E-state index contributed by atoms with van der Waals surface area (Å²) >= 11 is 0. The Labute approximate surface area is 142 Å². The molecule has 1 spiro atoms. The number of benzene rings is 1. The summed E-state index contributed by atoms with van der Waals surface area (Å²) in [6, 6.07) is 3.14. The summed E-state index contributed by atoms with van der Waals surface area (Å²) < 4.78 is 5.64. The van der Waals surface area contributed by atoms with E-state index < -0.39 is 5.41 Å². The molecule has 0 bridgehead atoms. The number of cyclic esters (lactones) is 1. The van der Waals surface area contributed by atoms with Gasteiger partial charge in [-0.2, -0.15) is 0 Å². The second-order valence-electron chi connectivity index (χ2n) is 8.62. The molecule has 3 aliphatic rings. The highest BCUT2D eigenvalue weighted by Crippen LogP contribution is 2.73. The van der Waals surface area contributed by atoms with Gasteiger partial charge in [0.15, 0.2) is 0 Å². The molecule has 4 nitrogen and oxygen atoms in total. The van der Waals surface area contributed by atoms with Gasteiger partial charge < -0.3 is 14.9 Å². The maximum atomic E-state index is 12.5. The quantitative estimate of drug-likeness (QED) is 0.563. The number of fused-ring (bicyclic) bond motifs is 1. The number of phenols is 2. The molecule has 0 radical (unpaired) electrons. The summed E-state index contributed by atoms with van der Waals surface area (Å²) in [5.41, 5.74) is 0.678. The van der Waals surface area contributed by atoms with Crippen LogP contribution in [-0.2, 0) is 21.4 Å². The van der Waals surface area contributed by atoms with Crippen molar-refractivity contribution in [2.45, 2.75) is 64.9 Å². The minimum Gasteiger partial charge on any atom is -0.508 e. The van der Waals surface area contributed by atoms with E-state index in [1.807, 2.05) is 6.92 Å².